The first-order valence-electron chi connectivity index (χ1n) is 7.35. The number of rotatable bonds is 5. The molecule has 0 saturated carbocycles. The van der Waals surface area contributed by atoms with Gasteiger partial charge in [0.15, 0.2) is 0 Å². The molecule has 0 saturated heterocycles. The van der Waals surface area contributed by atoms with Gasteiger partial charge >= 0.3 is 0 Å². The van der Waals surface area contributed by atoms with Gasteiger partial charge in [-0.15, -0.1) is 0 Å². The van der Waals surface area contributed by atoms with E-state index in [2.05, 4.69) is 31.1 Å². The van der Waals surface area contributed by atoms with Crippen molar-refractivity contribution in [2.24, 2.45) is 11.1 Å². The molecule has 0 radical (unpaired) electrons. The van der Waals surface area contributed by atoms with Crippen molar-refractivity contribution >= 4 is 16.6 Å². The highest BCUT2D eigenvalue weighted by molar-refractivity contribution is 5.92. The van der Waals surface area contributed by atoms with Crippen LogP contribution in [0.3, 0.4) is 0 Å². The zero-order valence-electron chi connectivity index (χ0n) is 13.3. The highest BCUT2D eigenvalue weighted by atomic mass is 16.5. The van der Waals surface area contributed by atoms with Crippen LogP contribution in [0.15, 0.2) is 30.5 Å². The van der Waals surface area contributed by atoms with Gasteiger partial charge in [0.1, 0.15) is 11.6 Å². The van der Waals surface area contributed by atoms with Gasteiger partial charge in [0.25, 0.3) is 0 Å². The molecule has 0 aliphatic carbocycles. The fourth-order valence-corrected chi connectivity index (χ4v) is 2.45. The Morgan fingerprint density at radius 2 is 2.05 bits per heavy atom. The normalized spacial score (nSPS) is 13.2. The summed E-state index contributed by atoms with van der Waals surface area (Å²) in [6, 6.07) is 8.31. The highest BCUT2D eigenvalue weighted by Crippen LogP contribution is 2.29. The summed E-state index contributed by atoms with van der Waals surface area (Å²) < 4.78 is 5.28. The van der Waals surface area contributed by atoms with Gasteiger partial charge < -0.3 is 15.8 Å². The number of pyridine rings is 1. The van der Waals surface area contributed by atoms with Crippen LogP contribution in [-0.2, 0) is 0 Å². The van der Waals surface area contributed by atoms with Crippen LogP contribution in [0.25, 0.3) is 10.8 Å². The molecule has 3 N–H and O–H groups in total. The maximum atomic E-state index is 5.75. The molecule has 0 spiro atoms. The Balaban J connectivity index is 2.37. The molecule has 0 fully saturated rings. The quantitative estimate of drug-likeness (QED) is 0.884. The average molecular weight is 287 g/mol. The van der Waals surface area contributed by atoms with E-state index in [1.54, 1.807) is 7.11 Å². The van der Waals surface area contributed by atoms with Gasteiger partial charge in [0, 0.05) is 17.6 Å². The zero-order chi connectivity index (χ0) is 15.5. The van der Waals surface area contributed by atoms with E-state index < -0.39 is 0 Å². The number of fused-ring (bicyclic) bond motifs is 1. The van der Waals surface area contributed by atoms with Crippen LogP contribution < -0.4 is 15.8 Å². The first kappa shape index (κ1) is 15.6. The fraction of sp³-hybridized carbons (Fsp3) is 0.471. The number of ether oxygens (including phenoxy) is 1. The van der Waals surface area contributed by atoms with Crippen molar-refractivity contribution in [1.29, 1.82) is 0 Å². The molecule has 0 bridgehead atoms. The topological polar surface area (TPSA) is 60.2 Å². The van der Waals surface area contributed by atoms with E-state index in [0.29, 0.717) is 6.54 Å². The van der Waals surface area contributed by atoms with E-state index in [1.165, 1.54) is 0 Å². The van der Waals surface area contributed by atoms with Crippen LogP contribution in [0.5, 0.6) is 5.75 Å². The minimum atomic E-state index is 0.121. The molecule has 4 heteroatoms. The lowest BCUT2D eigenvalue weighted by molar-refractivity contribution is 0.328. The number of aromatic nitrogens is 1. The lowest BCUT2D eigenvalue weighted by atomic mass is 9.84. The minimum Gasteiger partial charge on any atom is -0.497 e. The van der Waals surface area contributed by atoms with E-state index >= 15 is 0 Å². The van der Waals surface area contributed by atoms with Gasteiger partial charge in [0.2, 0.25) is 0 Å². The summed E-state index contributed by atoms with van der Waals surface area (Å²) in [6.45, 7) is 7.31. The van der Waals surface area contributed by atoms with E-state index in [-0.39, 0.29) is 11.5 Å². The Kier molecular flexibility index (Phi) is 4.68. The van der Waals surface area contributed by atoms with Crippen LogP contribution in [0.2, 0.25) is 0 Å². The van der Waals surface area contributed by atoms with Crippen LogP contribution in [0, 0.1) is 5.41 Å². The Morgan fingerprint density at radius 1 is 1.29 bits per heavy atom. The van der Waals surface area contributed by atoms with Crippen LogP contribution in [0.4, 0.5) is 5.82 Å². The third-order valence-electron chi connectivity index (χ3n) is 3.78. The van der Waals surface area contributed by atoms with Crippen molar-refractivity contribution in [3.63, 3.8) is 0 Å². The Bertz CT molecular complexity index is 604. The number of hydrogen-bond acceptors (Lipinski definition) is 4. The largest absolute Gasteiger partial charge is 0.497 e. The standard InChI is InChI=1S/C17H25N3O/c1-17(2,3)15(7-9-18)20-16-14-6-5-13(21-4)11-12(14)8-10-19-16/h5-6,8,10-11,15H,7,9,18H2,1-4H3,(H,19,20). The minimum absolute atomic E-state index is 0.121. The number of methoxy groups -OCH3 is 1. The second-order valence-corrected chi connectivity index (χ2v) is 6.39. The molecular weight excluding hydrogens is 262 g/mol. The predicted octanol–water partition coefficient (Wildman–Crippen LogP) is 3.42. The smallest absolute Gasteiger partial charge is 0.134 e. The summed E-state index contributed by atoms with van der Waals surface area (Å²) in [4.78, 5) is 4.51. The number of anilines is 1. The second-order valence-electron chi connectivity index (χ2n) is 6.39. The van der Waals surface area contributed by atoms with Crippen molar-refractivity contribution in [3.05, 3.63) is 30.5 Å². The summed E-state index contributed by atoms with van der Waals surface area (Å²) in [7, 11) is 1.68. The summed E-state index contributed by atoms with van der Waals surface area (Å²) >= 11 is 0. The van der Waals surface area contributed by atoms with Crippen molar-refractivity contribution in [2.45, 2.75) is 33.2 Å². The van der Waals surface area contributed by atoms with Crippen LogP contribution in [0.1, 0.15) is 27.2 Å². The van der Waals surface area contributed by atoms with E-state index in [4.69, 9.17) is 10.5 Å². The Labute approximate surface area is 126 Å². The number of benzene rings is 1. The summed E-state index contributed by atoms with van der Waals surface area (Å²) in [5.74, 6) is 1.76. The average Bonchev–Trinajstić information content (AvgIpc) is 2.45. The number of nitrogens with zero attached hydrogens (tertiary/aromatic N) is 1. The van der Waals surface area contributed by atoms with E-state index in [0.717, 1.165) is 28.8 Å². The predicted molar refractivity (Wildman–Crippen MR) is 88.8 cm³/mol. The molecule has 0 amide bonds. The lowest BCUT2D eigenvalue weighted by Gasteiger charge is -2.32. The molecular formula is C17H25N3O. The Morgan fingerprint density at radius 3 is 2.67 bits per heavy atom. The maximum Gasteiger partial charge on any atom is 0.134 e. The van der Waals surface area contributed by atoms with Gasteiger partial charge in [-0.05, 0) is 48.0 Å². The molecule has 0 aliphatic heterocycles. The first-order valence-corrected chi connectivity index (χ1v) is 7.35. The molecule has 1 heterocycles. The van der Waals surface area contributed by atoms with Gasteiger partial charge in [0.05, 0.1) is 7.11 Å². The molecule has 2 rings (SSSR count). The molecule has 114 valence electrons. The van der Waals surface area contributed by atoms with Gasteiger partial charge in [-0.25, -0.2) is 4.98 Å². The van der Waals surface area contributed by atoms with Crippen molar-refractivity contribution in [3.8, 4) is 5.75 Å². The molecule has 1 aromatic heterocycles. The molecule has 21 heavy (non-hydrogen) atoms. The summed E-state index contributed by atoms with van der Waals surface area (Å²) in [5.41, 5.74) is 5.87. The highest BCUT2D eigenvalue weighted by Gasteiger charge is 2.24. The van der Waals surface area contributed by atoms with Gasteiger partial charge in [-0.2, -0.15) is 0 Å². The molecule has 4 nitrogen and oxygen atoms in total. The first-order chi connectivity index (χ1) is 9.95. The van der Waals surface area contributed by atoms with E-state index in [1.807, 2.05) is 30.5 Å². The molecule has 1 aromatic carbocycles. The molecule has 1 atom stereocenters. The summed E-state index contributed by atoms with van der Waals surface area (Å²) in [6.07, 6.45) is 2.74. The Hall–Kier alpha value is -1.81. The lowest BCUT2D eigenvalue weighted by Crippen LogP contribution is -2.36. The molecule has 0 aliphatic rings. The zero-order valence-corrected chi connectivity index (χ0v) is 13.3. The molecule has 1 unspecified atom stereocenters. The van der Waals surface area contributed by atoms with Crippen LogP contribution in [-0.4, -0.2) is 24.7 Å². The number of hydrogen-bond donors (Lipinski definition) is 2. The van der Waals surface area contributed by atoms with Crippen molar-refractivity contribution in [1.82, 2.24) is 4.98 Å². The van der Waals surface area contributed by atoms with Crippen molar-refractivity contribution < 1.29 is 4.74 Å². The number of nitrogens with one attached hydrogen (secondary N) is 1. The number of nitrogens with two attached hydrogens (primary N) is 1. The van der Waals surface area contributed by atoms with Gasteiger partial charge in [-0.1, -0.05) is 20.8 Å². The SMILES string of the molecule is COc1ccc2c(NC(CCN)C(C)(C)C)nccc2c1. The van der Waals surface area contributed by atoms with Crippen LogP contribution >= 0.6 is 0 Å². The fourth-order valence-electron chi connectivity index (χ4n) is 2.45. The molecule has 2 aromatic rings. The maximum absolute atomic E-state index is 5.75. The monoisotopic (exact) mass is 287 g/mol. The second kappa shape index (κ2) is 6.31. The van der Waals surface area contributed by atoms with Gasteiger partial charge in [-0.3, -0.25) is 0 Å². The third-order valence-corrected chi connectivity index (χ3v) is 3.78. The van der Waals surface area contributed by atoms with E-state index in [9.17, 15) is 0 Å². The van der Waals surface area contributed by atoms with Crippen molar-refractivity contribution in [2.75, 3.05) is 19.0 Å². The third kappa shape index (κ3) is 3.64. The summed E-state index contributed by atoms with van der Waals surface area (Å²) in [5, 5.41) is 5.79.